The molecule has 0 spiro atoms. The van der Waals surface area contributed by atoms with Crippen molar-refractivity contribution in [1.29, 1.82) is 0 Å². The van der Waals surface area contributed by atoms with Crippen LogP contribution in [0.2, 0.25) is 0 Å². The van der Waals surface area contributed by atoms with Crippen molar-refractivity contribution in [2.45, 2.75) is 17.9 Å². The van der Waals surface area contributed by atoms with Gasteiger partial charge < -0.3 is 4.74 Å². The highest BCUT2D eigenvalue weighted by Gasteiger charge is 2.16. The summed E-state index contributed by atoms with van der Waals surface area (Å²) in [4.78, 5) is 12.6. The normalized spacial score (nSPS) is 12.0. The summed E-state index contributed by atoms with van der Waals surface area (Å²) in [6, 6.07) is 24.6. The van der Waals surface area contributed by atoms with Gasteiger partial charge in [-0.15, -0.1) is 11.8 Å². The van der Waals surface area contributed by atoms with Gasteiger partial charge in [-0.1, -0.05) is 54.6 Å². The van der Waals surface area contributed by atoms with E-state index in [2.05, 4.69) is 36.4 Å². The molecule has 0 aliphatic carbocycles. The van der Waals surface area contributed by atoms with Crippen molar-refractivity contribution in [2.75, 3.05) is 5.75 Å². The number of thioether (sulfide) groups is 1. The predicted molar refractivity (Wildman–Crippen MR) is 95.6 cm³/mol. The summed E-state index contributed by atoms with van der Waals surface area (Å²) in [6.07, 6.45) is -0.248. The SMILES string of the molecule is CC(=O)OC(CSc1ccccc1)c1ccc2ccccc2c1. The third-order valence-corrected chi connectivity index (χ3v) is 4.67. The standard InChI is InChI=1S/C20H18O2S/c1-15(21)22-20(14-23-19-9-3-2-4-10-19)18-12-11-16-7-5-6-8-17(16)13-18/h2-13,20H,14H2,1H3. The van der Waals surface area contributed by atoms with Crippen molar-refractivity contribution in [3.63, 3.8) is 0 Å². The number of benzene rings is 3. The zero-order chi connectivity index (χ0) is 16.1. The van der Waals surface area contributed by atoms with Crippen LogP contribution in [0, 0.1) is 0 Å². The number of fused-ring (bicyclic) bond motifs is 1. The number of hydrogen-bond donors (Lipinski definition) is 0. The third kappa shape index (κ3) is 4.14. The molecule has 1 atom stereocenters. The molecule has 2 nitrogen and oxygen atoms in total. The van der Waals surface area contributed by atoms with E-state index < -0.39 is 0 Å². The Hall–Kier alpha value is -2.26. The summed E-state index contributed by atoms with van der Waals surface area (Å²) in [7, 11) is 0. The first-order valence-electron chi connectivity index (χ1n) is 7.56. The molecule has 0 aliphatic heterocycles. The van der Waals surface area contributed by atoms with Crippen molar-refractivity contribution in [2.24, 2.45) is 0 Å². The van der Waals surface area contributed by atoms with Gasteiger partial charge in [0.25, 0.3) is 0 Å². The lowest BCUT2D eigenvalue weighted by atomic mass is 10.0. The first-order chi connectivity index (χ1) is 11.2. The van der Waals surface area contributed by atoms with E-state index in [4.69, 9.17) is 4.74 Å². The molecule has 3 aromatic carbocycles. The quantitative estimate of drug-likeness (QED) is 0.475. The Morgan fingerprint density at radius 1 is 0.957 bits per heavy atom. The Labute approximate surface area is 140 Å². The minimum absolute atomic E-state index is 0.248. The molecule has 0 amide bonds. The maximum absolute atomic E-state index is 11.5. The van der Waals surface area contributed by atoms with E-state index >= 15 is 0 Å². The second kappa shape index (κ2) is 7.34. The summed E-state index contributed by atoms with van der Waals surface area (Å²) in [5, 5.41) is 2.35. The summed E-state index contributed by atoms with van der Waals surface area (Å²) < 4.78 is 5.55. The van der Waals surface area contributed by atoms with Crippen LogP contribution >= 0.6 is 11.8 Å². The highest BCUT2D eigenvalue weighted by molar-refractivity contribution is 7.99. The second-order valence-corrected chi connectivity index (χ2v) is 6.42. The zero-order valence-corrected chi connectivity index (χ0v) is 13.8. The van der Waals surface area contributed by atoms with Gasteiger partial charge in [0, 0.05) is 17.6 Å². The van der Waals surface area contributed by atoms with Gasteiger partial charge in [-0.05, 0) is 34.5 Å². The minimum Gasteiger partial charge on any atom is -0.457 e. The Bertz CT molecular complexity index is 799. The molecule has 0 bridgehead atoms. The first-order valence-corrected chi connectivity index (χ1v) is 8.55. The van der Waals surface area contributed by atoms with Crippen molar-refractivity contribution in [1.82, 2.24) is 0 Å². The molecule has 3 heteroatoms. The van der Waals surface area contributed by atoms with E-state index in [1.165, 1.54) is 17.2 Å². The van der Waals surface area contributed by atoms with Gasteiger partial charge in [0.15, 0.2) is 0 Å². The predicted octanol–water partition coefficient (Wildman–Crippen LogP) is 5.24. The molecule has 0 radical (unpaired) electrons. The number of hydrogen-bond acceptors (Lipinski definition) is 3. The molecule has 0 heterocycles. The summed E-state index contributed by atoms with van der Waals surface area (Å²) >= 11 is 1.69. The van der Waals surface area contributed by atoms with E-state index in [1.807, 2.05) is 36.4 Å². The molecule has 0 saturated heterocycles. The molecular formula is C20H18O2S. The van der Waals surface area contributed by atoms with Gasteiger partial charge in [-0.3, -0.25) is 4.79 Å². The molecule has 0 saturated carbocycles. The molecule has 3 aromatic rings. The number of carbonyl (C=O) groups is 1. The van der Waals surface area contributed by atoms with Crippen LogP contribution in [0.25, 0.3) is 10.8 Å². The van der Waals surface area contributed by atoms with E-state index in [-0.39, 0.29) is 12.1 Å². The fourth-order valence-electron chi connectivity index (χ4n) is 2.50. The van der Waals surface area contributed by atoms with Crippen LogP contribution < -0.4 is 0 Å². The van der Waals surface area contributed by atoms with Gasteiger partial charge in [0.1, 0.15) is 6.10 Å². The Morgan fingerprint density at radius 3 is 2.39 bits per heavy atom. The Kier molecular flexibility index (Phi) is 4.99. The monoisotopic (exact) mass is 322 g/mol. The van der Waals surface area contributed by atoms with Gasteiger partial charge in [-0.2, -0.15) is 0 Å². The molecule has 116 valence electrons. The molecular weight excluding hydrogens is 304 g/mol. The molecule has 0 N–H and O–H groups in total. The van der Waals surface area contributed by atoms with Crippen molar-refractivity contribution < 1.29 is 9.53 Å². The summed E-state index contributed by atoms with van der Waals surface area (Å²) in [6.45, 7) is 1.46. The van der Waals surface area contributed by atoms with Crippen LogP contribution in [0.3, 0.4) is 0 Å². The highest BCUT2D eigenvalue weighted by Crippen LogP contribution is 2.29. The fourth-order valence-corrected chi connectivity index (χ4v) is 3.45. The number of ether oxygens (including phenoxy) is 1. The number of rotatable bonds is 5. The number of esters is 1. The van der Waals surface area contributed by atoms with E-state index in [9.17, 15) is 4.79 Å². The lowest BCUT2D eigenvalue weighted by Crippen LogP contribution is -2.11. The average molecular weight is 322 g/mol. The van der Waals surface area contributed by atoms with Crippen LogP contribution in [-0.4, -0.2) is 11.7 Å². The summed E-state index contributed by atoms with van der Waals surface area (Å²) in [5.74, 6) is 0.443. The maximum Gasteiger partial charge on any atom is 0.303 e. The topological polar surface area (TPSA) is 26.3 Å². The largest absolute Gasteiger partial charge is 0.457 e. The van der Waals surface area contributed by atoms with Crippen molar-refractivity contribution in [3.8, 4) is 0 Å². The highest BCUT2D eigenvalue weighted by atomic mass is 32.2. The molecule has 0 fully saturated rings. The molecule has 3 rings (SSSR count). The smallest absolute Gasteiger partial charge is 0.303 e. The molecule has 0 aliphatic rings. The van der Waals surface area contributed by atoms with E-state index in [1.54, 1.807) is 11.8 Å². The van der Waals surface area contributed by atoms with Crippen molar-refractivity contribution >= 4 is 28.5 Å². The van der Waals surface area contributed by atoms with Crippen LogP contribution in [0.15, 0.2) is 77.7 Å². The van der Waals surface area contributed by atoms with Crippen LogP contribution in [-0.2, 0) is 9.53 Å². The van der Waals surface area contributed by atoms with Gasteiger partial charge in [0.2, 0.25) is 0 Å². The Morgan fingerprint density at radius 2 is 1.65 bits per heavy atom. The number of carbonyl (C=O) groups excluding carboxylic acids is 1. The van der Waals surface area contributed by atoms with E-state index in [0.29, 0.717) is 5.75 Å². The first kappa shape index (κ1) is 15.6. The lowest BCUT2D eigenvalue weighted by molar-refractivity contribution is -0.145. The zero-order valence-electron chi connectivity index (χ0n) is 12.9. The third-order valence-electron chi connectivity index (χ3n) is 3.60. The molecule has 1 unspecified atom stereocenters. The lowest BCUT2D eigenvalue weighted by Gasteiger charge is -2.18. The second-order valence-electron chi connectivity index (χ2n) is 5.33. The van der Waals surface area contributed by atoms with E-state index in [0.717, 1.165) is 10.9 Å². The maximum atomic E-state index is 11.5. The van der Waals surface area contributed by atoms with Crippen LogP contribution in [0.1, 0.15) is 18.6 Å². The Balaban J connectivity index is 1.83. The van der Waals surface area contributed by atoms with Crippen molar-refractivity contribution in [3.05, 3.63) is 78.4 Å². The fraction of sp³-hybridized carbons (Fsp3) is 0.150. The van der Waals surface area contributed by atoms with Crippen LogP contribution in [0.4, 0.5) is 0 Å². The van der Waals surface area contributed by atoms with Crippen LogP contribution in [0.5, 0.6) is 0 Å². The summed E-state index contributed by atoms with van der Waals surface area (Å²) in [5.41, 5.74) is 1.03. The van der Waals surface area contributed by atoms with Gasteiger partial charge in [0.05, 0.1) is 0 Å². The molecule has 0 aromatic heterocycles. The average Bonchev–Trinajstić information content (AvgIpc) is 2.59. The van der Waals surface area contributed by atoms with Gasteiger partial charge in [-0.25, -0.2) is 0 Å². The van der Waals surface area contributed by atoms with Gasteiger partial charge >= 0.3 is 5.97 Å². The minimum atomic E-state index is -0.253. The molecule has 23 heavy (non-hydrogen) atoms.